The molecule has 0 amide bonds. The predicted molar refractivity (Wildman–Crippen MR) is 79.1 cm³/mol. The molecule has 1 aromatic carbocycles. The van der Waals surface area contributed by atoms with Gasteiger partial charge in [-0.2, -0.15) is 0 Å². The van der Waals surface area contributed by atoms with E-state index in [0.29, 0.717) is 11.4 Å². The highest BCUT2D eigenvalue weighted by molar-refractivity contribution is 8.00. The van der Waals surface area contributed by atoms with E-state index in [0.717, 1.165) is 11.8 Å². The van der Waals surface area contributed by atoms with Crippen LogP contribution in [0.5, 0.6) is 11.5 Å². The summed E-state index contributed by atoms with van der Waals surface area (Å²) < 4.78 is 5.52. The number of nitrogens with zero attached hydrogens (tertiary/aromatic N) is 1. The average molecular weight is 306 g/mol. The van der Waals surface area contributed by atoms with E-state index in [1.165, 1.54) is 6.92 Å². The first-order valence-corrected chi connectivity index (χ1v) is 7.08. The molecule has 0 unspecified atom stereocenters. The van der Waals surface area contributed by atoms with Gasteiger partial charge in [0, 0.05) is 0 Å². The van der Waals surface area contributed by atoms with Crippen molar-refractivity contribution in [3.05, 3.63) is 46.4 Å². The second kappa shape index (κ2) is 6.45. The molecule has 1 atom stereocenters. The summed E-state index contributed by atoms with van der Waals surface area (Å²) in [6.45, 7) is 3.17. The van der Waals surface area contributed by atoms with E-state index in [1.54, 1.807) is 31.2 Å². The molecule has 0 aliphatic carbocycles. The maximum atomic E-state index is 12.0. The molecule has 0 spiro atoms. The van der Waals surface area contributed by atoms with Crippen molar-refractivity contribution in [1.29, 1.82) is 0 Å². The summed E-state index contributed by atoms with van der Waals surface area (Å²) >= 11 is 0.973. The smallest absolute Gasteiger partial charge is 0.316 e. The quantitative estimate of drug-likeness (QED) is 0.651. The number of benzene rings is 1. The molecule has 0 bridgehead atoms. The van der Waals surface area contributed by atoms with Crippen LogP contribution in [0.2, 0.25) is 0 Å². The highest BCUT2D eigenvalue weighted by atomic mass is 32.2. The summed E-state index contributed by atoms with van der Waals surface area (Å²) in [6, 6.07) is 8.90. The zero-order valence-electron chi connectivity index (χ0n) is 11.5. The van der Waals surface area contributed by atoms with Gasteiger partial charge in [0.05, 0.1) is 5.69 Å². The second-order valence-electron chi connectivity index (χ2n) is 4.30. The summed E-state index contributed by atoms with van der Waals surface area (Å²) in [7, 11) is 0. The van der Waals surface area contributed by atoms with Crippen molar-refractivity contribution in [3.63, 3.8) is 0 Å². The van der Waals surface area contributed by atoms with E-state index in [2.05, 4.69) is 9.97 Å². The Kier molecular flexibility index (Phi) is 4.64. The normalized spacial score (nSPS) is 11.9. The third-order valence-electron chi connectivity index (χ3n) is 2.62. The van der Waals surface area contributed by atoms with Crippen LogP contribution < -0.4 is 10.3 Å². The number of aromatic nitrogens is 2. The van der Waals surface area contributed by atoms with E-state index in [-0.39, 0.29) is 10.9 Å². The molecule has 2 aromatic rings. The van der Waals surface area contributed by atoms with E-state index in [9.17, 15) is 9.59 Å². The van der Waals surface area contributed by atoms with Crippen LogP contribution in [0, 0.1) is 6.92 Å². The molecular formula is C14H14N2O4S. The largest absolute Gasteiger partial charge is 0.480 e. The molecule has 7 heteroatoms. The Morgan fingerprint density at radius 2 is 2.05 bits per heavy atom. The number of carboxylic acid groups (broad SMARTS) is 1. The number of aliphatic carboxylic acids is 1. The number of carbonyl (C=O) groups is 1. The van der Waals surface area contributed by atoms with Crippen molar-refractivity contribution < 1.29 is 14.6 Å². The Hall–Kier alpha value is -2.28. The minimum Gasteiger partial charge on any atom is -0.480 e. The average Bonchev–Trinajstić information content (AvgIpc) is 2.44. The van der Waals surface area contributed by atoms with Crippen LogP contribution in [0.3, 0.4) is 0 Å². The molecule has 0 saturated carbocycles. The third-order valence-corrected chi connectivity index (χ3v) is 3.60. The Labute approximate surface area is 125 Å². The van der Waals surface area contributed by atoms with Crippen molar-refractivity contribution in [2.24, 2.45) is 0 Å². The van der Waals surface area contributed by atoms with Crippen LogP contribution in [0.1, 0.15) is 12.6 Å². The number of aryl methyl sites for hydroxylation is 1. The van der Waals surface area contributed by atoms with Crippen molar-refractivity contribution >= 4 is 17.7 Å². The van der Waals surface area contributed by atoms with Gasteiger partial charge in [-0.1, -0.05) is 30.0 Å². The van der Waals surface area contributed by atoms with Crippen LogP contribution in [-0.2, 0) is 4.79 Å². The topological polar surface area (TPSA) is 92.3 Å². The maximum Gasteiger partial charge on any atom is 0.316 e. The fourth-order valence-corrected chi connectivity index (χ4v) is 2.33. The fourth-order valence-electron chi connectivity index (χ4n) is 1.55. The molecule has 110 valence electrons. The first-order valence-electron chi connectivity index (χ1n) is 6.20. The lowest BCUT2D eigenvalue weighted by Gasteiger charge is -2.09. The number of ether oxygens (including phenoxy) is 1. The van der Waals surface area contributed by atoms with Gasteiger partial charge in [0.2, 0.25) is 5.75 Å². The van der Waals surface area contributed by atoms with Gasteiger partial charge < -0.3 is 9.84 Å². The van der Waals surface area contributed by atoms with Crippen LogP contribution in [0.4, 0.5) is 0 Å². The van der Waals surface area contributed by atoms with Crippen LogP contribution in [0.15, 0.2) is 40.3 Å². The summed E-state index contributed by atoms with van der Waals surface area (Å²) in [5, 5.41) is 8.42. The summed E-state index contributed by atoms with van der Waals surface area (Å²) in [5.41, 5.74) is -0.0332. The van der Waals surface area contributed by atoms with Crippen LogP contribution in [0.25, 0.3) is 0 Å². The lowest BCUT2D eigenvalue weighted by Crippen LogP contribution is -2.17. The molecule has 0 saturated heterocycles. The van der Waals surface area contributed by atoms with Crippen molar-refractivity contribution in [3.8, 4) is 11.5 Å². The number of carboxylic acids is 1. The maximum absolute atomic E-state index is 12.0. The van der Waals surface area contributed by atoms with Gasteiger partial charge in [0.25, 0.3) is 5.56 Å². The van der Waals surface area contributed by atoms with Crippen LogP contribution in [-0.4, -0.2) is 26.3 Å². The number of H-pyrrole nitrogens is 1. The first-order chi connectivity index (χ1) is 9.97. The Balaban J connectivity index is 2.26. The molecule has 21 heavy (non-hydrogen) atoms. The van der Waals surface area contributed by atoms with Crippen molar-refractivity contribution in [2.45, 2.75) is 24.3 Å². The molecule has 0 radical (unpaired) electrons. The highest BCUT2D eigenvalue weighted by Gasteiger charge is 2.16. The molecule has 1 heterocycles. The molecule has 1 aromatic heterocycles. The number of rotatable bonds is 5. The number of para-hydroxylation sites is 1. The number of nitrogens with one attached hydrogen (secondary N) is 1. The van der Waals surface area contributed by atoms with Gasteiger partial charge in [-0.15, -0.1) is 0 Å². The number of aromatic amines is 1. The molecule has 0 aliphatic heterocycles. The molecule has 0 aliphatic rings. The summed E-state index contributed by atoms with van der Waals surface area (Å²) in [4.78, 5) is 29.6. The molecule has 6 nitrogen and oxygen atoms in total. The van der Waals surface area contributed by atoms with E-state index < -0.39 is 16.8 Å². The predicted octanol–water partition coefficient (Wildman–Crippen LogP) is 2.44. The van der Waals surface area contributed by atoms with Crippen molar-refractivity contribution in [2.75, 3.05) is 0 Å². The van der Waals surface area contributed by atoms with Gasteiger partial charge >= 0.3 is 5.97 Å². The molecule has 0 fully saturated rings. The van der Waals surface area contributed by atoms with Gasteiger partial charge in [-0.3, -0.25) is 14.6 Å². The fraction of sp³-hybridized carbons (Fsp3) is 0.214. The third kappa shape index (κ3) is 3.85. The van der Waals surface area contributed by atoms with E-state index >= 15 is 0 Å². The highest BCUT2D eigenvalue weighted by Crippen LogP contribution is 2.23. The Morgan fingerprint density at radius 1 is 1.38 bits per heavy atom. The minimum absolute atomic E-state index is 0.105. The summed E-state index contributed by atoms with van der Waals surface area (Å²) in [5.74, 6) is -0.328. The molecule has 2 N–H and O–H groups in total. The van der Waals surface area contributed by atoms with Gasteiger partial charge in [-0.05, 0) is 26.0 Å². The minimum atomic E-state index is -0.968. The Bertz CT molecular complexity index is 700. The van der Waals surface area contributed by atoms with Gasteiger partial charge in [0.15, 0.2) is 5.16 Å². The number of hydrogen-bond acceptors (Lipinski definition) is 5. The first kappa shape index (κ1) is 15.1. The SMILES string of the molecule is Cc1nc(S[C@H](C)C(=O)O)[nH]c(=O)c1Oc1ccccc1. The van der Waals surface area contributed by atoms with E-state index in [4.69, 9.17) is 9.84 Å². The monoisotopic (exact) mass is 306 g/mol. The Morgan fingerprint density at radius 3 is 2.62 bits per heavy atom. The lowest BCUT2D eigenvalue weighted by atomic mass is 10.3. The van der Waals surface area contributed by atoms with E-state index in [1.807, 2.05) is 6.07 Å². The molecule has 2 rings (SSSR count). The standard InChI is InChI=1S/C14H14N2O4S/c1-8-11(20-10-6-4-3-5-7-10)12(17)16-14(15-8)21-9(2)13(18)19/h3-7,9H,1-2H3,(H,18,19)(H,15,16,17)/t9-/m1/s1. The molecular weight excluding hydrogens is 292 g/mol. The van der Waals surface area contributed by atoms with Gasteiger partial charge in [-0.25, -0.2) is 4.98 Å². The van der Waals surface area contributed by atoms with Crippen LogP contribution >= 0.6 is 11.8 Å². The van der Waals surface area contributed by atoms with Crippen molar-refractivity contribution in [1.82, 2.24) is 9.97 Å². The lowest BCUT2D eigenvalue weighted by molar-refractivity contribution is -0.136. The van der Waals surface area contributed by atoms with Gasteiger partial charge in [0.1, 0.15) is 11.0 Å². The summed E-state index contributed by atoms with van der Waals surface area (Å²) in [6.07, 6.45) is 0. The second-order valence-corrected chi connectivity index (χ2v) is 5.63. The number of thioether (sulfide) groups is 1. The zero-order valence-corrected chi connectivity index (χ0v) is 12.3. The number of hydrogen-bond donors (Lipinski definition) is 2. The zero-order chi connectivity index (χ0) is 15.4.